The minimum Gasteiger partial charge on any atom is -0.370 e. The first-order valence-electron chi connectivity index (χ1n) is 6.03. The van der Waals surface area contributed by atoms with Crippen LogP contribution in [0.5, 0.6) is 0 Å². The molecule has 5 aliphatic rings. The predicted octanol–water partition coefficient (Wildman–Crippen LogP) is 0.880. The van der Waals surface area contributed by atoms with Crippen molar-refractivity contribution in [1.29, 1.82) is 5.41 Å². The normalized spacial score (nSPS) is 54.0. The van der Waals surface area contributed by atoms with Gasteiger partial charge in [0.05, 0.1) is 0 Å². The van der Waals surface area contributed by atoms with Gasteiger partial charge in [-0.2, -0.15) is 0 Å². The van der Waals surface area contributed by atoms with Crippen LogP contribution in [-0.4, -0.2) is 23.9 Å². The monoisotopic (exact) mass is 203 g/mol. The van der Waals surface area contributed by atoms with Gasteiger partial charge in [0.25, 0.3) is 0 Å². The van der Waals surface area contributed by atoms with Crippen molar-refractivity contribution in [2.75, 3.05) is 13.1 Å². The number of nitrogens with one attached hydrogen (secondary N) is 1. The lowest BCUT2D eigenvalue weighted by molar-refractivity contribution is 0.156. The zero-order valence-corrected chi connectivity index (χ0v) is 8.76. The second kappa shape index (κ2) is 2.39. The van der Waals surface area contributed by atoms with Crippen molar-refractivity contribution >= 4 is 5.96 Å². The molecule has 5 rings (SSSR count). The molecule has 3 heteroatoms. The van der Waals surface area contributed by atoms with Crippen molar-refractivity contribution in [2.24, 2.45) is 41.2 Å². The summed E-state index contributed by atoms with van der Waals surface area (Å²) in [5.41, 5.74) is 5.60. The van der Waals surface area contributed by atoms with Crippen LogP contribution in [0.2, 0.25) is 0 Å². The topological polar surface area (TPSA) is 53.1 Å². The van der Waals surface area contributed by atoms with Gasteiger partial charge in [-0.3, -0.25) is 5.41 Å². The molecule has 6 atom stereocenters. The fraction of sp³-hybridized carbons (Fsp3) is 0.750. The Morgan fingerprint density at radius 3 is 2.07 bits per heavy atom. The second-order valence-electron chi connectivity index (χ2n) is 5.72. The number of nitrogens with two attached hydrogens (primary N) is 1. The van der Waals surface area contributed by atoms with Crippen molar-refractivity contribution in [1.82, 2.24) is 4.90 Å². The Balaban J connectivity index is 1.67. The minimum atomic E-state index is 0.275. The van der Waals surface area contributed by atoms with E-state index in [9.17, 15) is 0 Å². The highest BCUT2D eigenvalue weighted by atomic mass is 15.3. The largest absolute Gasteiger partial charge is 0.370 e. The van der Waals surface area contributed by atoms with Crippen LogP contribution in [0.15, 0.2) is 12.2 Å². The third-order valence-corrected chi connectivity index (χ3v) is 5.18. The zero-order chi connectivity index (χ0) is 10.2. The molecular formula is C12H17N3. The summed E-state index contributed by atoms with van der Waals surface area (Å²) < 4.78 is 0. The van der Waals surface area contributed by atoms with Gasteiger partial charge >= 0.3 is 0 Å². The van der Waals surface area contributed by atoms with E-state index in [-0.39, 0.29) is 5.96 Å². The van der Waals surface area contributed by atoms with E-state index in [4.69, 9.17) is 11.1 Å². The maximum Gasteiger partial charge on any atom is 0.188 e. The molecule has 4 aliphatic carbocycles. The number of hydrogen-bond acceptors (Lipinski definition) is 1. The van der Waals surface area contributed by atoms with Crippen LogP contribution in [0.25, 0.3) is 0 Å². The van der Waals surface area contributed by atoms with Crippen molar-refractivity contribution in [2.45, 2.75) is 6.42 Å². The standard InChI is InChI=1S/C12H17N3/c13-12(14)15-4-10-6-1-2-7(11(10)5-15)9-3-8(6)9/h1-2,6-11H,3-5H2,(H3,13,14). The molecule has 3 nitrogen and oxygen atoms in total. The Kier molecular flexibility index (Phi) is 1.31. The minimum absolute atomic E-state index is 0.275. The Labute approximate surface area is 89.8 Å². The Morgan fingerprint density at radius 1 is 1.07 bits per heavy atom. The molecule has 0 aromatic rings. The highest BCUT2D eigenvalue weighted by Crippen LogP contribution is 2.64. The lowest BCUT2D eigenvalue weighted by atomic mass is 9.64. The second-order valence-corrected chi connectivity index (χ2v) is 5.72. The molecule has 0 spiro atoms. The van der Waals surface area contributed by atoms with Crippen LogP contribution >= 0.6 is 0 Å². The summed E-state index contributed by atoms with van der Waals surface area (Å²) in [4.78, 5) is 2.08. The van der Waals surface area contributed by atoms with E-state index in [1.807, 2.05) is 0 Å². The van der Waals surface area contributed by atoms with Gasteiger partial charge in [0.1, 0.15) is 0 Å². The predicted molar refractivity (Wildman–Crippen MR) is 58.2 cm³/mol. The average molecular weight is 203 g/mol. The number of nitrogens with zero attached hydrogens (tertiary/aromatic N) is 1. The molecule has 0 radical (unpaired) electrons. The quantitative estimate of drug-likeness (QED) is 0.349. The molecule has 1 heterocycles. The fourth-order valence-electron chi connectivity index (χ4n) is 4.45. The maximum absolute atomic E-state index is 7.54. The van der Waals surface area contributed by atoms with E-state index in [2.05, 4.69) is 17.1 Å². The number of guanidine groups is 1. The van der Waals surface area contributed by atoms with Crippen LogP contribution < -0.4 is 5.73 Å². The summed E-state index contributed by atoms with van der Waals surface area (Å²) in [5, 5.41) is 7.54. The van der Waals surface area contributed by atoms with E-state index in [1.165, 1.54) is 6.42 Å². The van der Waals surface area contributed by atoms with E-state index < -0.39 is 0 Å². The van der Waals surface area contributed by atoms with Gasteiger partial charge in [0.2, 0.25) is 0 Å². The van der Waals surface area contributed by atoms with Crippen molar-refractivity contribution < 1.29 is 0 Å². The Bertz CT molecular complexity index is 336. The Morgan fingerprint density at radius 2 is 1.60 bits per heavy atom. The summed E-state index contributed by atoms with van der Waals surface area (Å²) in [6.07, 6.45) is 6.39. The molecule has 2 saturated carbocycles. The SMILES string of the molecule is N=C(N)N1CC2C3C=CC(C4CC34)C2C1. The number of rotatable bonds is 0. The first kappa shape index (κ1) is 8.20. The molecule has 0 aromatic heterocycles. The molecule has 3 fully saturated rings. The van der Waals surface area contributed by atoms with Gasteiger partial charge in [0.15, 0.2) is 5.96 Å². The molecule has 1 aliphatic heterocycles. The molecule has 1 saturated heterocycles. The molecular weight excluding hydrogens is 186 g/mol. The van der Waals surface area contributed by atoms with Gasteiger partial charge in [-0.25, -0.2) is 0 Å². The zero-order valence-electron chi connectivity index (χ0n) is 8.76. The third-order valence-electron chi connectivity index (χ3n) is 5.18. The van der Waals surface area contributed by atoms with Crippen LogP contribution in [0.1, 0.15) is 6.42 Å². The summed E-state index contributed by atoms with van der Waals surface area (Å²) >= 11 is 0. The highest BCUT2D eigenvalue weighted by molar-refractivity contribution is 5.75. The summed E-state index contributed by atoms with van der Waals surface area (Å²) in [6.45, 7) is 2.07. The van der Waals surface area contributed by atoms with Gasteiger partial charge in [-0.15, -0.1) is 0 Å². The van der Waals surface area contributed by atoms with Crippen LogP contribution in [0, 0.1) is 40.9 Å². The van der Waals surface area contributed by atoms with E-state index in [1.54, 1.807) is 0 Å². The highest BCUT2D eigenvalue weighted by Gasteiger charge is 2.61. The van der Waals surface area contributed by atoms with E-state index in [0.29, 0.717) is 0 Å². The van der Waals surface area contributed by atoms with Gasteiger partial charge in [-0.05, 0) is 41.9 Å². The first-order chi connectivity index (χ1) is 7.25. The lowest BCUT2D eigenvalue weighted by Crippen LogP contribution is -2.37. The average Bonchev–Trinajstić information content (AvgIpc) is 2.90. The van der Waals surface area contributed by atoms with Gasteiger partial charge in [0, 0.05) is 13.1 Å². The number of allylic oxidation sites excluding steroid dienone is 2. The molecule has 80 valence electrons. The summed E-state index contributed by atoms with van der Waals surface area (Å²) in [6, 6.07) is 0. The molecule has 0 aromatic carbocycles. The third kappa shape index (κ3) is 0.894. The van der Waals surface area contributed by atoms with Crippen molar-refractivity contribution in [3.8, 4) is 0 Å². The van der Waals surface area contributed by atoms with Crippen molar-refractivity contribution in [3.05, 3.63) is 12.2 Å². The van der Waals surface area contributed by atoms with E-state index >= 15 is 0 Å². The molecule has 0 amide bonds. The van der Waals surface area contributed by atoms with Gasteiger partial charge in [-0.1, -0.05) is 12.2 Å². The van der Waals surface area contributed by atoms with E-state index in [0.717, 1.165) is 48.6 Å². The summed E-state index contributed by atoms with van der Waals surface area (Å²) in [5.74, 6) is 5.49. The van der Waals surface area contributed by atoms with Crippen molar-refractivity contribution in [3.63, 3.8) is 0 Å². The molecule has 6 unspecified atom stereocenters. The summed E-state index contributed by atoms with van der Waals surface area (Å²) in [7, 11) is 0. The lowest BCUT2D eigenvalue weighted by Gasteiger charge is -2.40. The van der Waals surface area contributed by atoms with Gasteiger partial charge < -0.3 is 10.6 Å². The van der Waals surface area contributed by atoms with Crippen LogP contribution in [-0.2, 0) is 0 Å². The van der Waals surface area contributed by atoms with Crippen LogP contribution in [0.4, 0.5) is 0 Å². The number of likely N-dealkylation sites (tertiary alicyclic amines) is 1. The molecule has 3 N–H and O–H groups in total. The smallest absolute Gasteiger partial charge is 0.188 e. The first-order valence-corrected chi connectivity index (χ1v) is 6.03. The number of hydrogen-bond donors (Lipinski definition) is 2. The van der Waals surface area contributed by atoms with Crippen LogP contribution in [0.3, 0.4) is 0 Å². The Hall–Kier alpha value is -0.990. The molecule has 2 bridgehead atoms. The fourth-order valence-corrected chi connectivity index (χ4v) is 4.45. The maximum atomic E-state index is 7.54. The molecule has 15 heavy (non-hydrogen) atoms.